The molecular weight excluding hydrogens is 236 g/mol. The fourth-order valence-corrected chi connectivity index (χ4v) is 2.25. The van der Waals surface area contributed by atoms with E-state index in [1.54, 1.807) is 6.20 Å². The summed E-state index contributed by atoms with van der Waals surface area (Å²) in [5.41, 5.74) is 3.08. The Morgan fingerprint density at radius 2 is 2.29 bits per heavy atom. The molecule has 2 aromatic heterocycles. The highest BCUT2D eigenvalue weighted by Gasteiger charge is 2.12. The van der Waals surface area contributed by atoms with Gasteiger partial charge in [0.05, 0.1) is 13.2 Å². The number of ether oxygens (including phenoxy) is 1. The van der Waals surface area contributed by atoms with Gasteiger partial charge < -0.3 is 4.74 Å². The first-order chi connectivity index (χ1) is 8.34. The lowest BCUT2D eigenvalue weighted by molar-refractivity contribution is 0.161. The maximum atomic E-state index is 6.03. The second-order valence-electron chi connectivity index (χ2n) is 3.92. The Hall–Kier alpha value is -1.45. The highest BCUT2D eigenvalue weighted by atomic mass is 35.5. The van der Waals surface area contributed by atoms with Gasteiger partial charge in [0.15, 0.2) is 5.65 Å². The molecule has 0 aromatic carbocycles. The van der Waals surface area contributed by atoms with Crippen molar-refractivity contribution in [3.8, 4) is 0 Å². The first kappa shape index (κ1) is 10.7. The van der Waals surface area contributed by atoms with Gasteiger partial charge >= 0.3 is 0 Å². The van der Waals surface area contributed by atoms with Crippen molar-refractivity contribution in [2.24, 2.45) is 0 Å². The van der Waals surface area contributed by atoms with Crippen molar-refractivity contribution in [3.05, 3.63) is 41.2 Å². The van der Waals surface area contributed by atoms with E-state index in [1.165, 1.54) is 5.57 Å². The molecule has 1 aliphatic rings. The fraction of sp³-hybridized carbons (Fsp3) is 0.231. The Morgan fingerprint density at radius 3 is 3.12 bits per heavy atom. The maximum Gasteiger partial charge on any atom is 0.161 e. The van der Waals surface area contributed by atoms with Gasteiger partial charge in [-0.3, -0.25) is 0 Å². The summed E-state index contributed by atoms with van der Waals surface area (Å²) in [6.07, 6.45) is 4.74. The number of halogens is 1. The van der Waals surface area contributed by atoms with Crippen molar-refractivity contribution in [3.63, 3.8) is 0 Å². The van der Waals surface area contributed by atoms with Crippen LogP contribution < -0.4 is 0 Å². The van der Waals surface area contributed by atoms with Crippen LogP contribution in [0, 0.1) is 0 Å². The Kier molecular flexibility index (Phi) is 2.79. The molecule has 0 amide bonds. The third-order valence-corrected chi connectivity index (χ3v) is 3.06. The molecule has 0 radical (unpaired) electrons. The molecule has 2 aromatic rings. The minimum absolute atomic E-state index is 0.485. The van der Waals surface area contributed by atoms with E-state index < -0.39 is 0 Å². The van der Waals surface area contributed by atoms with Crippen LogP contribution in [0.3, 0.4) is 0 Å². The van der Waals surface area contributed by atoms with Crippen molar-refractivity contribution < 1.29 is 4.74 Å². The van der Waals surface area contributed by atoms with Gasteiger partial charge in [-0.15, -0.1) is 0 Å². The van der Waals surface area contributed by atoms with Gasteiger partial charge in [0.2, 0.25) is 0 Å². The second kappa shape index (κ2) is 4.43. The predicted octanol–water partition coefficient (Wildman–Crippen LogP) is 3.09. The first-order valence-electron chi connectivity index (χ1n) is 5.53. The van der Waals surface area contributed by atoms with E-state index in [2.05, 4.69) is 16.0 Å². The summed E-state index contributed by atoms with van der Waals surface area (Å²) >= 11 is 6.03. The quantitative estimate of drug-likeness (QED) is 0.726. The van der Waals surface area contributed by atoms with Gasteiger partial charge in [0.25, 0.3) is 0 Å². The molecule has 86 valence electrons. The molecule has 0 aliphatic carbocycles. The van der Waals surface area contributed by atoms with Crippen LogP contribution in [0.15, 0.2) is 30.5 Å². The molecule has 3 nitrogen and oxygen atoms in total. The largest absolute Gasteiger partial charge is 0.377 e. The predicted molar refractivity (Wildman–Crippen MR) is 68.0 cm³/mol. The van der Waals surface area contributed by atoms with E-state index in [1.807, 2.05) is 18.2 Å². The molecule has 1 aliphatic heterocycles. The van der Waals surface area contributed by atoms with Gasteiger partial charge in [-0.25, -0.2) is 9.97 Å². The average Bonchev–Trinajstić information content (AvgIpc) is 2.39. The summed E-state index contributed by atoms with van der Waals surface area (Å²) in [6.45, 7) is 1.42. The van der Waals surface area contributed by atoms with E-state index in [-0.39, 0.29) is 0 Å². The lowest BCUT2D eigenvalue weighted by atomic mass is 9.99. The molecule has 17 heavy (non-hydrogen) atoms. The van der Waals surface area contributed by atoms with Crippen molar-refractivity contribution in [1.82, 2.24) is 9.97 Å². The molecule has 0 spiro atoms. The third kappa shape index (κ3) is 2.04. The third-order valence-electron chi connectivity index (χ3n) is 2.86. The van der Waals surface area contributed by atoms with Crippen LogP contribution in [0.2, 0.25) is 5.15 Å². The van der Waals surface area contributed by atoms with Crippen LogP contribution in [0.25, 0.3) is 16.6 Å². The number of pyridine rings is 2. The maximum absolute atomic E-state index is 6.03. The summed E-state index contributed by atoms with van der Waals surface area (Å²) in [5.74, 6) is 0. The van der Waals surface area contributed by atoms with Crippen LogP contribution in [0.4, 0.5) is 0 Å². The van der Waals surface area contributed by atoms with Gasteiger partial charge in [-0.05, 0) is 35.8 Å². The van der Waals surface area contributed by atoms with Gasteiger partial charge in [0, 0.05) is 11.6 Å². The monoisotopic (exact) mass is 246 g/mol. The van der Waals surface area contributed by atoms with Crippen LogP contribution in [0.1, 0.15) is 12.0 Å². The number of fused-ring (bicyclic) bond motifs is 1. The fourth-order valence-electron chi connectivity index (χ4n) is 2.06. The standard InChI is InChI=1S/C13H11ClN2O/c14-12-8-11(9-3-6-17-7-4-9)10-2-1-5-15-13(10)16-12/h1-3,5,8H,4,6-7H2. The summed E-state index contributed by atoms with van der Waals surface area (Å²) in [4.78, 5) is 8.47. The molecule has 0 saturated carbocycles. The zero-order valence-electron chi connectivity index (χ0n) is 9.19. The highest BCUT2D eigenvalue weighted by Crippen LogP contribution is 2.29. The minimum Gasteiger partial charge on any atom is -0.377 e. The SMILES string of the molecule is Clc1cc(C2=CCOCC2)c2cccnc2n1. The molecule has 0 unspecified atom stereocenters. The second-order valence-corrected chi connectivity index (χ2v) is 4.31. The number of nitrogens with zero attached hydrogens (tertiary/aromatic N) is 2. The Balaban J connectivity index is 2.23. The van der Waals surface area contributed by atoms with Gasteiger partial charge in [-0.2, -0.15) is 0 Å². The van der Waals surface area contributed by atoms with E-state index in [4.69, 9.17) is 16.3 Å². The molecule has 0 fully saturated rings. The molecule has 0 N–H and O–H groups in total. The molecule has 4 heteroatoms. The van der Waals surface area contributed by atoms with E-state index in [9.17, 15) is 0 Å². The summed E-state index contributed by atoms with van der Waals surface area (Å²) < 4.78 is 5.32. The zero-order chi connectivity index (χ0) is 11.7. The van der Waals surface area contributed by atoms with Crippen molar-refractivity contribution >= 4 is 28.2 Å². The first-order valence-corrected chi connectivity index (χ1v) is 5.91. The molecule has 0 saturated heterocycles. The Bertz CT molecular complexity index is 595. The van der Waals surface area contributed by atoms with E-state index in [0.717, 1.165) is 24.0 Å². The van der Waals surface area contributed by atoms with E-state index in [0.29, 0.717) is 17.4 Å². The van der Waals surface area contributed by atoms with Crippen molar-refractivity contribution in [2.75, 3.05) is 13.2 Å². The lowest BCUT2D eigenvalue weighted by Gasteiger charge is -2.15. The number of aromatic nitrogens is 2. The molecular formula is C13H11ClN2O. The topological polar surface area (TPSA) is 35.0 Å². The average molecular weight is 247 g/mol. The van der Waals surface area contributed by atoms with Crippen molar-refractivity contribution in [2.45, 2.75) is 6.42 Å². The Labute approximate surface area is 104 Å². The zero-order valence-corrected chi connectivity index (χ0v) is 9.94. The van der Waals surface area contributed by atoms with Crippen LogP contribution in [-0.2, 0) is 4.74 Å². The number of rotatable bonds is 1. The minimum atomic E-state index is 0.485. The normalized spacial score (nSPS) is 15.9. The molecule has 0 bridgehead atoms. The molecule has 3 rings (SSSR count). The van der Waals surface area contributed by atoms with Crippen LogP contribution in [-0.4, -0.2) is 23.2 Å². The van der Waals surface area contributed by atoms with Gasteiger partial charge in [0.1, 0.15) is 5.15 Å². The van der Waals surface area contributed by atoms with Gasteiger partial charge in [-0.1, -0.05) is 17.7 Å². The summed E-state index contributed by atoms with van der Waals surface area (Å²) in [5, 5.41) is 1.53. The lowest BCUT2D eigenvalue weighted by Crippen LogP contribution is -2.04. The summed E-state index contributed by atoms with van der Waals surface area (Å²) in [6, 6.07) is 5.85. The number of hydrogen-bond donors (Lipinski definition) is 0. The molecule has 0 atom stereocenters. The summed E-state index contributed by atoms with van der Waals surface area (Å²) in [7, 11) is 0. The molecule has 3 heterocycles. The van der Waals surface area contributed by atoms with E-state index >= 15 is 0 Å². The smallest absolute Gasteiger partial charge is 0.161 e. The highest BCUT2D eigenvalue weighted by molar-refractivity contribution is 6.30. The van der Waals surface area contributed by atoms with Crippen molar-refractivity contribution in [1.29, 1.82) is 0 Å². The van der Waals surface area contributed by atoms with Crippen LogP contribution >= 0.6 is 11.6 Å². The Morgan fingerprint density at radius 1 is 1.35 bits per heavy atom. The van der Waals surface area contributed by atoms with Crippen LogP contribution in [0.5, 0.6) is 0 Å². The number of hydrogen-bond acceptors (Lipinski definition) is 3.